The molecular weight excluding hydrogens is 434 g/mol. The molecule has 2 N–H and O–H groups in total. The molecule has 8 nitrogen and oxygen atoms in total. The molecule has 0 radical (unpaired) electrons. The number of amides is 2. The van der Waals surface area contributed by atoms with Gasteiger partial charge in [-0.25, -0.2) is 10.2 Å². The molecule has 0 atom stereocenters. The highest BCUT2D eigenvalue weighted by Gasteiger charge is 2.14. The van der Waals surface area contributed by atoms with E-state index in [1.807, 2.05) is 19.9 Å². The van der Waals surface area contributed by atoms with E-state index >= 15 is 0 Å². The van der Waals surface area contributed by atoms with E-state index in [9.17, 15) is 14.4 Å². The van der Waals surface area contributed by atoms with Crippen molar-refractivity contribution in [3.8, 4) is 11.5 Å². The van der Waals surface area contributed by atoms with Crippen molar-refractivity contribution in [1.29, 1.82) is 0 Å². The number of anilines is 1. The monoisotopic (exact) mass is 459 g/mol. The van der Waals surface area contributed by atoms with E-state index in [1.165, 1.54) is 0 Å². The number of carbonyl (C=O) groups is 3. The highest BCUT2D eigenvalue weighted by molar-refractivity contribution is 6.39. The Hall–Kier alpha value is -4.46. The van der Waals surface area contributed by atoms with Gasteiger partial charge >= 0.3 is 17.8 Å². The second kappa shape index (κ2) is 10.9. The Balaban J connectivity index is 1.56. The smallest absolute Gasteiger partial charge is 0.343 e. The Kier molecular flexibility index (Phi) is 7.76. The van der Waals surface area contributed by atoms with Crippen molar-refractivity contribution in [3.63, 3.8) is 0 Å². The molecule has 0 heterocycles. The van der Waals surface area contributed by atoms with Gasteiger partial charge in [-0.3, -0.25) is 9.59 Å². The average molecular weight is 460 g/mol. The number of benzene rings is 3. The van der Waals surface area contributed by atoms with Gasteiger partial charge < -0.3 is 14.8 Å². The first-order valence-corrected chi connectivity index (χ1v) is 10.5. The summed E-state index contributed by atoms with van der Waals surface area (Å²) in [4.78, 5) is 36.5. The molecule has 3 aromatic carbocycles. The van der Waals surface area contributed by atoms with Crippen molar-refractivity contribution in [2.45, 2.75) is 20.8 Å². The molecule has 0 aliphatic heterocycles. The largest absolute Gasteiger partial charge is 0.497 e. The minimum Gasteiger partial charge on any atom is -0.497 e. The number of hydrogen-bond donors (Lipinski definition) is 2. The van der Waals surface area contributed by atoms with Crippen LogP contribution in [0.25, 0.3) is 0 Å². The first-order chi connectivity index (χ1) is 16.3. The van der Waals surface area contributed by atoms with Gasteiger partial charge in [0.05, 0.1) is 18.4 Å². The van der Waals surface area contributed by atoms with Crippen molar-refractivity contribution < 1.29 is 23.9 Å². The summed E-state index contributed by atoms with van der Waals surface area (Å²) in [5.41, 5.74) is 6.41. The zero-order valence-electron chi connectivity index (χ0n) is 19.3. The fourth-order valence-corrected chi connectivity index (χ4v) is 2.91. The average Bonchev–Trinajstić information content (AvgIpc) is 2.85. The lowest BCUT2D eigenvalue weighted by atomic mass is 10.1. The van der Waals surface area contributed by atoms with Crippen LogP contribution in [0.4, 0.5) is 5.69 Å². The van der Waals surface area contributed by atoms with E-state index in [4.69, 9.17) is 9.47 Å². The first kappa shape index (κ1) is 24.2. The fraction of sp³-hybridized carbons (Fsp3) is 0.154. The van der Waals surface area contributed by atoms with Crippen molar-refractivity contribution >= 4 is 29.2 Å². The Morgan fingerprint density at radius 2 is 1.38 bits per heavy atom. The minimum absolute atomic E-state index is 0.356. The highest BCUT2D eigenvalue weighted by atomic mass is 16.5. The van der Waals surface area contributed by atoms with Crippen LogP contribution in [0.15, 0.2) is 71.8 Å². The number of hydrazone groups is 1. The number of nitrogens with zero attached hydrogens (tertiary/aromatic N) is 1. The number of carbonyl (C=O) groups excluding carboxylic acids is 3. The molecular formula is C26H25N3O5. The molecule has 0 fully saturated rings. The van der Waals surface area contributed by atoms with Crippen molar-refractivity contribution in [2.75, 3.05) is 12.4 Å². The highest BCUT2D eigenvalue weighted by Crippen LogP contribution is 2.17. The Bertz CT molecular complexity index is 1230. The molecule has 3 aromatic rings. The number of ether oxygens (including phenoxy) is 2. The van der Waals surface area contributed by atoms with Gasteiger partial charge in [-0.1, -0.05) is 6.07 Å². The maximum absolute atomic E-state index is 12.3. The second-order valence-corrected chi connectivity index (χ2v) is 7.53. The molecule has 0 spiro atoms. The van der Waals surface area contributed by atoms with Crippen LogP contribution in [0, 0.1) is 13.8 Å². The van der Waals surface area contributed by atoms with Gasteiger partial charge in [0, 0.05) is 5.69 Å². The van der Waals surface area contributed by atoms with E-state index < -0.39 is 17.8 Å². The third-order valence-corrected chi connectivity index (χ3v) is 5.10. The predicted molar refractivity (Wildman–Crippen MR) is 129 cm³/mol. The summed E-state index contributed by atoms with van der Waals surface area (Å²) in [7, 11) is 1.55. The number of nitrogens with one attached hydrogen (secondary N) is 2. The molecule has 174 valence electrons. The van der Waals surface area contributed by atoms with Crippen LogP contribution >= 0.6 is 0 Å². The summed E-state index contributed by atoms with van der Waals surface area (Å²) in [5, 5.41) is 6.52. The van der Waals surface area contributed by atoms with Crippen LogP contribution in [0.2, 0.25) is 0 Å². The summed E-state index contributed by atoms with van der Waals surface area (Å²) < 4.78 is 10.4. The minimum atomic E-state index is -0.886. The van der Waals surface area contributed by atoms with E-state index in [2.05, 4.69) is 15.8 Å². The third-order valence-electron chi connectivity index (χ3n) is 5.10. The molecule has 0 aliphatic rings. The lowest BCUT2D eigenvalue weighted by Gasteiger charge is -2.08. The van der Waals surface area contributed by atoms with Crippen LogP contribution < -0.4 is 20.2 Å². The zero-order valence-corrected chi connectivity index (χ0v) is 19.3. The van der Waals surface area contributed by atoms with Gasteiger partial charge in [-0.2, -0.15) is 5.10 Å². The molecule has 0 saturated carbocycles. The van der Waals surface area contributed by atoms with Gasteiger partial charge in [0.2, 0.25) is 0 Å². The summed E-state index contributed by atoms with van der Waals surface area (Å²) in [6.45, 7) is 5.56. The molecule has 0 aliphatic carbocycles. The Labute approximate surface area is 197 Å². The van der Waals surface area contributed by atoms with E-state index in [-0.39, 0.29) is 0 Å². The molecule has 3 rings (SSSR count). The van der Waals surface area contributed by atoms with E-state index in [0.29, 0.717) is 34.0 Å². The molecule has 2 amide bonds. The van der Waals surface area contributed by atoms with Gasteiger partial charge in [0.15, 0.2) is 0 Å². The molecule has 0 bridgehead atoms. The predicted octanol–water partition coefficient (Wildman–Crippen LogP) is 4.01. The van der Waals surface area contributed by atoms with Crippen molar-refractivity contribution in [3.05, 3.63) is 89.0 Å². The van der Waals surface area contributed by atoms with Gasteiger partial charge in [-0.05, 0) is 98.1 Å². The van der Waals surface area contributed by atoms with Crippen LogP contribution in [0.3, 0.4) is 0 Å². The van der Waals surface area contributed by atoms with E-state index in [0.717, 1.165) is 11.1 Å². The summed E-state index contributed by atoms with van der Waals surface area (Å²) >= 11 is 0. The number of esters is 1. The van der Waals surface area contributed by atoms with E-state index in [1.54, 1.807) is 74.7 Å². The van der Waals surface area contributed by atoms with Gasteiger partial charge in [-0.15, -0.1) is 0 Å². The number of rotatable bonds is 6. The molecule has 0 unspecified atom stereocenters. The zero-order chi connectivity index (χ0) is 24.7. The van der Waals surface area contributed by atoms with Crippen LogP contribution in [0.5, 0.6) is 11.5 Å². The lowest BCUT2D eigenvalue weighted by Crippen LogP contribution is -2.33. The number of aryl methyl sites for hydroxylation is 2. The SMILES string of the molecule is COc1ccc(C(=O)Oc2ccc(/C(C)=N/NC(=O)C(=O)Nc3ccc(C)c(C)c3)cc2)cc1. The van der Waals surface area contributed by atoms with Crippen LogP contribution in [-0.4, -0.2) is 30.6 Å². The van der Waals surface area contributed by atoms with Crippen LogP contribution in [0.1, 0.15) is 34.0 Å². The molecule has 0 aromatic heterocycles. The van der Waals surface area contributed by atoms with Crippen molar-refractivity contribution in [1.82, 2.24) is 5.43 Å². The molecule has 0 saturated heterocycles. The third kappa shape index (κ3) is 6.29. The maximum Gasteiger partial charge on any atom is 0.343 e. The fourth-order valence-electron chi connectivity index (χ4n) is 2.91. The Morgan fingerprint density at radius 3 is 2.00 bits per heavy atom. The topological polar surface area (TPSA) is 106 Å². The summed E-state index contributed by atoms with van der Waals surface area (Å²) in [6.07, 6.45) is 0. The number of methoxy groups -OCH3 is 1. The maximum atomic E-state index is 12.3. The molecule has 8 heteroatoms. The summed E-state index contributed by atoms with van der Waals surface area (Å²) in [5.74, 6) is -1.20. The normalized spacial score (nSPS) is 10.9. The van der Waals surface area contributed by atoms with Crippen molar-refractivity contribution in [2.24, 2.45) is 5.10 Å². The first-order valence-electron chi connectivity index (χ1n) is 10.5. The quantitative estimate of drug-likeness (QED) is 0.190. The second-order valence-electron chi connectivity index (χ2n) is 7.53. The van der Waals surface area contributed by atoms with Crippen LogP contribution in [-0.2, 0) is 9.59 Å². The standard InChI is InChI=1S/C26H25N3O5/c1-16-5-10-21(15-17(16)2)27-24(30)25(31)29-28-18(3)19-6-13-23(14-7-19)34-26(32)20-8-11-22(33-4)12-9-20/h5-15H,1-4H3,(H,27,30)(H,29,31)/b28-18+. The van der Waals surface area contributed by atoms with Gasteiger partial charge in [0.1, 0.15) is 11.5 Å². The van der Waals surface area contributed by atoms with Gasteiger partial charge in [0.25, 0.3) is 0 Å². The summed E-state index contributed by atoms with van der Waals surface area (Å²) in [6, 6.07) is 18.6. The Morgan fingerprint density at radius 1 is 0.765 bits per heavy atom. The number of hydrogen-bond acceptors (Lipinski definition) is 6. The lowest BCUT2D eigenvalue weighted by molar-refractivity contribution is -0.136. The molecule has 34 heavy (non-hydrogen) atoms.